The van der Waals surface area contributed by atoms with Crippen LogP contribution in [0.1, 0.15) is 16.1 Å². The first-order valence-electron chi connectivity index (χ1n) is 6.53. The lowest BCUT2D eigenvalue weighted by atomic mass is 10.1. The number of hydrogen-bond donors (Lipinski definition) is 1. The minimum Gasteiger partial charge on any atom is -0.477 e. The van der Waals surface area contributed by atoms with Gasteiger partial charge >= 0.3 is 5.97 Å². The number of carbonyl (C=O) groups is 1. The fourth-order valence-electron chi connectivity index (χ4n) is 2.47. The summed E-state index contributed by atoms with van der Waals surface area (Å²) >= 11 is 0. The molecule has 0 aliphatic heterocycles. The first-order valence-corrected chi connectivity index (χ1v) is 6.53. The topological polar surface area (TPSA) is 59.3 Å². The van der Waals surface area contributed by atoms with Crippen LogP contribution in [0.25, 0.3) is 16.5 Å². The van der Waals surface area contributed by atoms with Crippen molar-refractivity contribution in [3.63, 3.8) is 0 Å². The van der Waals surface area contributed by atoms with Crippen molar-refractivity contribution in [1.82, 2.24) is 4.57 Å². The van der Waals surface area contributed by atoms with Crippen molar-refractivity contribution < 1.29 is 9.90 Å². The molecule has 104 valence electrons. The second-order valence-electron chi connectivity index (χ2n) is 4.85. The monoisotopic (exact) mass is 279 g/mol. The van der Waals surface area contributed by atoms with Crippen LogP contribution in [0, 0.1) is 6.92 Å². The molecular weight excluding hydrogens is 266 g/mol. The van der Waals surface area contributed by atoms with E-state index < -0.39 is 5.97 Å². The number of nitrogens with zero attached hydrogens (tertiary/aromatic N) is 1. The minimum atomic E-state index is -1.12. The molecule has 1 heterocycles. The number of para-hydroxylation sites is 1. The van der Waals surface area contributed by atoms with Crippen LogP contribution in [-0.2, 0) is 0 Å². The van der Waals surface area contributed by atoms with Crippen molar-refractivity contribution in [3.8, 4) is 5.69 Å². The zero-order chi connectivity index (χ0) is 15.0. The molecular formula is C17H13NO3. The van der Waals surface area contributed by atoms with Crippen LogP contribution >= 0.6 is 0 Å². The molecule has 0 radical (unpaired) electrons. The number of aryl methyl sites for hydroxylation is 1. The maximum atomic E-state index is 12.7. The molecule has 0 saturated carbocycles. The lowest BCUT2D eigenvalue weighted by Gasteiger charge is -2.13. The predicted octanol–water partition coefficient (Wildman–Crippen LogP) is 3.00. The normalized spacial score (nSPS) is 10.7. The van der Waals surface area contributed by atoms with E-state index in [1.165, 1.54) is 10.6 Å². The number of aromatic nitrogens is 1. The largest absolute Gasteiger partial charge is 0.477 e. The smallest absolute Gasteiger partial charge is 0.353 e. The van der Waals surface area contributed by atoms with Gasteiger partial charge in [0, 0.05) is 5.39 Å². The highest BCUT2D eigenvalue weighted by Gasteiger charge is 2.16. The number of aromatic carboxylic acids is 1. The number of carboxylic acid groups (broad SMARTS) is 1. The molecule has 0 bridgehead atoms. The van der Waals surface area contributed by atoms with Gasteiger partial charge in [0.1, 0.15) is 5.69 Å². The van der Waals surface area contributed by atoms with E-state index in [0.29, 0.717) is 16.5 Å². The number of fused-ring (bicyclic) bond motifs is 1. The summed E-state index contributed by atoms with van der Waals surface area (Å²) in [6, 6.07) is 15.8. The van der Waals surface area contributed by atoms with E-state index in [4.69, 9.17) is 0 Å². The summed E-state index contributed by atoms with van der Waals surface area (Å²) in [6.07, 6.45) is 0. The third kappa shape index (κ3) is 2.10. The third-order valence-corrected chi connectivity index (χ3v) is 3.50. The summed E-state index contributed by atoms with van der Waals surface area (Å²) < 4.78 is 1.26. The van der Waals surface area contributed by atoms with Gasteiger partial charge in [0.2, 0.25) is 0 Å². The molecule has 0 aliphatic rings. The second-order valence-corrected chi connectivity index (χ2v) is 4.85. The number of pyridine rings is 1. The Morgan fingerprint density at radius 1 is 1.05 bits per heavy atom. The number of hydrogen-bond acceptors (Lipinski definition) is 2. The average Bonchev–Trinajstić information content (AvgIpc) is 2.48. The van der Waals surface area contributed by atoms with Gasteiger partial charge in [-0.3, -0.25) is 9.36 Å². The van der Waals surface area contributed by atoms with E-state index in [1.54, 1.807) is 36.4 Å². The highest BCUT2D eigenvalue weighted by Crippen LogP contribution is 2.18. The Kier molecular flexibility index (Phi) is 3.06. The van der Waals surface area contributed by atoms with Gasteiger partial charge in [-0.25, -0.2) is 4.79 Å². The molecule has 4 nitrogen and oxygen atoms in total. The standard InChI is InChI=1S/C17H13NO3/c1-11-6-2-5-9-14(11)18-15(17(20)21)10-12-7-3-4-8-13(12)16(18)19/h2-10H,1H3,(H,20,21). The molecule has 0 amide bonds. The van der Waals surface area contributed by atoms with Gasteiger partial charge < -0.3 is 5.11 Å². The van der Waals surface area contributed by atoms with Gasteiger partial charge in [0.25, 0.3) is 5.56 Å². The molecule has 0 aliphatic carbocycles. The Labute approximate surface area is 120 Å². The summed E-state index contributed by atoms with van der Waals surface area (Å²) in [5.41, 5.74) is 1.08. The second kappa shape index (κ2) is 4.90. The summed E-state index contributed by atoms with van der Waals surface area (Å²) in [7, 11) is 0. The Bertz CT molecular complexity index is 909. The van der Waals surface area contributed by atoms with E-state index >= 15 is 0 Å². The van der Waals surface area contributed by atoms with E-state index in [2.05, 4.69) is 0 Å². The fourth-order valence-corrected chi connectivity index (χ4v) is 2.47. The molecule has 1 N–H and O–H groups in total. The van der Waals surface area contributed by atoms with Gasteiger partial charge in [0.05, 0.1) is 5.69 Å². The van der Waals surface area contributed by atoms with Crippen molar-refractivity contribution >= 4 is 16.7 Å². The number of carboxylic acids is 1. The van der Waals surface area contributed by atoms with Crippen LogP contribution in [0.15, 0.2) is 59.4 Å². The SMILES string of the molecule is Cc1ccccc1-n1c(C(=O)O)cc2ccccc2c1=O. The summed E-state index contributed by atoms with van der Waals surface area (Å²) in [5, 5.41) is 10.6. The van der Waals surface area contributed by atoms with Gasteiger partial charge in [-0.2, -0.15) is 0 Å². The first-order chi connectivity index (χ1) is 10.1. The molecule has 2 aromatic carbocycles. The van der Waals surface area contributed by atoms with E-state index in [1.807, 2.05) is 19.1 Å². The molecule has 1 aromatic heterocycles. The average molecular weight is 279 g/mol. The molecule has 0 saturated heterocycles. The Morgan fingerprint density at radius 3 is 2.43 bits per heavy atom. The van der Waals surface area contributed by atoms with Crippen molar-refractivity contribution in [3.05, 3.63) is 76.2 Å². The van der Waals surface area contributed by atoms with Crippen molar-refractivity contribution in [2.45, 2.75) is 6.92 Å². The first kappa shape index (κ1) is 13.1. The van der Waals surface area contributed by atoms with Gasteiger partial charge in [0.15, 0.2) is 0 Å². The summed E-state index contributed by atoms with van der Waals surface area (Å²) in [6.45, 7) is 1.85. The molecule has 0 spiro atoms. The molecule has 0 unspecified atom stereocenters. The quantitative estimate of drug-likeness (QED) is 0.784. The highest BCUT2D eigenvalue weighted by atomic mass is 16.4. The zero-order valence-corrected chi connectivity index (χ0v) is 11.4. The molecule has 21 heavy (non-hydrogen) atoms. The van der Waals surface area contributed by atoms with Gasteiger partial charge in [-0.1, -0.05) is 36.4 Å². The number of benzene rings is 2. The fraction of sp³-hybridized carbons (Fsp3) is 0.0588. The maximum absolute atomic E-state index is 12.7. The van der Waals surface area contributed by atoms with Crippen LogP contribution in [0.2, 0.25) is 0 Å². The molecule has 3 aromatic rings. The van der Waals surface area contributed by atoms with Crippen molar-refractivity contribution in [1.29, 1.82) is 0 Å². The van der Waals surface area contributed by atoms with E-state index in [-0.39, 0.29) is 11.3 Å². The van der Waals surface area contributed by atoms with Crippen LogP contribution in [0.3, 0.4) is 0 Å². The number of rotatable bonds is 2. The lowest BCUT2D eigenvalue weighted by Crippen LogP contribution is -2.25. The van der Waals surface area contributed by atoms with Crippen LogP contribution in [0.5, 0.6) is 0 Å². The zero-order valence-electron chi connectivity index (χ0n) is 11.4. The molecule has 0 fully saturated rings. The highest BCUT2D eigenvalue weighted by molar-refractivity contribution is 5.93. The summed E-state index contributed by atoms with van der Waals surface area (Å²) in [4.78, 5) is 24.2. The third-order valence-electron chi connectivity index (χ3n) is 3.50. The van der Waals surface area contributed by atoms with Crippen LogP contribution in [-0.4, -0.2) is 15.6 Å². The maximum Gasteiger partial charge on any atom is 0.353 e. The van der Waals surface area contributed by atoms with Gasteiger partial charge in [-0.05, 0) is 36.1 Å². The Hall–Kier alpha value is -2.88. The van der Waals surface area contributed by atoms with Crippen LogP contribution < -0.4 is 5.56 Å². The van der Waals surface area contributed by atoms with Crippen molar-refractivity contribution in [2.24, 2.45) is 0 Å². The van der Waals surface area contributed by atoms with E-state index in [0.717, 1.165) is 5.56 Å². The van der Waals surface area contributed by atoms with E-state index in [9.17, 15) is 14.7 Å². The Balaban J connectivity index is 2.49. The predicted molar refractivity (Wildman–Crippen MR) is 81.2 cm³/mol. The molecule has 4 heteroatoms. The van der Waals surface area contributed by atoms with Crippen LogP contribution in [0.4, 0.5) is 0 Å². The van der Waals surface area contributed by atoms with Gasteiger partial charge in [-0.15, -0.1) is 0 Å². The minimum absolute atomic E-state index is 0.0343. The molecule has 0 atom stereocenters. The van der Waals surface area contributed by atoms with Crippen molar-refractivity contribution in [2.75, 3.05) is 0 Å². The Morgan fingerprint density at radius 2 is 1.71 bits per heavy atom. The molecule has 3 rings (SSSR count). The summed E-state index contributed by atoms with van der Waals surface area (Å²) in [5.74, 6) is -1.12. The lowest BCUT2D eigenvalue weighted by molar-refractivity contribution is 0.0687.